The van der Waals surface area contributed by atoms with Gasteiger partial charge in [-0.15, -0.1) is 0 Å². The number of rotatable bonds is 4. The van der Waals surface area contributed by atoms with Crippen molar-refractivity contribution >= 4 is 17.2 Å². The molecule has 88 valence electrons. The molecule has 2 rings (SSSR count). The van der Waals surface area contributed by atoms with Crippen LogP contribution in [0.15, 0.2) is 41.2 Å². The summed E-state index contributed by atoms with van der Waals surface area (Å²) in [7, 11) is 0. The summed E-state index contributed by atoms with van der Waals surface area (Å²) in [5.74, 6) is -0.278. The molecule has 1 atom stereocenters. The van der Waals surface area contributed by atoms with E-state index >= 15 is 0 Å². The molecule has 0 radical (unpaired) electrons. The van der Waals surface area contributed by atoms with Gasteiger partial charge in [-0.3, -0.25) is 9.78 Å². The third kappa shape index (κ3) is 3.12. The van der Waals surface area contributed by atoms with E-state index in [1.165, 1.54) is 11.3 Å². The Kier molecular flexibility index (Phi) is 3.85. The summed E-state index contributed by atoms with van der Waals surface area (Å²) in [6, 6.07) is 6.96. The van der Waals surface area contributed by atoms with Gasteiger partial charge in [0.05, 0.1) is 6.10 Å². The first-order valence-corrected chi connectivity index (χ1v) is 6.11. The van der Waals surface area contributed by atoms with Crippen molar-refractivity contribution in [3.63, 3.8) is 0 Å². The SMILES string of the molecule is O=C(NCC(O)c1ccsc1)c1ccccn1. The zero-order chi connectivity index (χ0) is 12.1. The van der Waals surface area contributed by atoms with Crippen LogP contribution in [0, 0.1) is 0 Å². The van der Waals surface area contributed by atoms with Gasteiger partial charge < -0.3 is 10.4 Å². The number of carbonyl (C=O) groups is 1. The first kappa shape index (κ1) is 11.8. The Morgan fingerprint density at radius 2 is 2.35 bits per heavy atom. The highest BCUT2D eigenvalue weighted by Crippen LogP contribution is 2.15. The van der Waals surface area contributed by atoms with Gasteiger partial charge in [-0.2, -0.15) is 11.3 Å². The maximum absolute atomic E-state index is 11.6. The topological polar surface area (TPSA) is 62.2 Å². The van der Waals surface area contributed by atoms with Crippen LogP contribution in [0.5, 0.6) is 0 Å². The molecule has 0 spiro atoms. The van der Waals surface area contributed by atoms with Gasteiger partial charge in [-0.05, 0) is 34.5 Å². The zero-order valence-corrected chi connectivity index (χ0v) is 9.85. The van der Waals surface area contributed by atoms with Crippen LogP contribution < -0.4 is 5.32 Å². The van der Waals surface area contributed by atoms with Crippen molar-refractivity contribution in [1.82, 2.24) is 10.3 Å². The van der Waals surface area contributed by atoms with Gasteiger partial charge in [-0.1, -0.05) is 6.07 Å². The maximum atomic E-state index is 11.6. The molecule has 0 aliphatic heterocycles. The molecular weight excluding hydrogens is 236 g/mol. The van der Waals surface area contributed by atoms with E-state index in [0.29, 0.717) is 5.69 Å². The average molecular weight is 248 g/mol. The number of carbonyl (C=O) groups excluding carboxylic acids is 1. The van der Waals surface area contributed by atoms with Crippen LogP contribution in [0.3, 0.4) is 0 Å². The van der Waals surface area contributed by atoms with Gasteiger partial charge in [0, 0.05) is 12.7 Å². The number of thiophene rings is 1. The van der Waals surface area contributed by atoms with E-state index in [4.69, 9.17) is 0 Å². The zero-order valence-electron chi connectivity index (χ0n) is 9.04. The number of aliphatic hydroxyl groups is 1. The lowest BCUT2D eigenvalue weighted by Crippen LogP contribution is -2.28. The molecule has 2 N–H and O–H groups in total. The molecule has 0 saturated carbocycles. The second-order valence-corrected chi connectivity index (χ2v) is 4.28. The standard InChI is InChI=1S/C12H12N2O2S/c15-11(9-4-6-17-8-9)7-14-12(16)10-3-1-2-5-13-10/h1-6,8,11,15H,7H2,(H,14,16). The van der Waals surface area contributed by atoms with E-state index < -0.39 is 6.10 Å². The van der Waals surface area contributed by atoms with Crippen LogP contribution in [0.4, 0.5) is 0 Å². The Bertz CT molecular complexity index is 471. The molecule has 2 aromatic heterocycles. The van der Waals surface area contributed by atoms with Crippen molar-refractivity contribution in [2.24, 2.45) is 0 Å². The average Bonchev–Trinajstić information content (AvgIpc) is 2.90. The van der Waals surface area contributed by atoms with Gasteiger partial charge in [0.25, 0.3) is 5.91 Å². The number of nitrogens with one attached hydrogen (secondary N) is 1. The van der Waals surface area contributed by atoms with Crippen LogP contribution >= 0.6 is 11.3 Å². The summed E-state index contributed by atoms with van der Waals surface area (Å²) < 4.78 is 0. The normalized spacial score (nSPS) is 12.1. The van der Waals surface area contributed by atoms with Crippen LogP contribution in [0.2, 0.25) is 0 Å². The Morgan fingerprint density at radius 1 is 1.47 bits per heavy atom. The summed E-state index contributed by atoms with van der Waals surface area (Å²) in [6.45, 7) is 0.187. The van der Waals surface area contributed by atoms with Crippen LogP contribution in [0.25, 0.3) is 0 Å². The predicted octanol–water partition coefficient (Wildman–Crippen LogP) is 1.61. The number of nitrogens with zero attached hydrogens (tertiary/aromatic N) is 1. The highest BCUT2D eigenvalue weighted by Gasteiger charge is 2.11. The largest absolute Gasteiger partial charge is 0.387 e. The van der Waals surface area contributed by atoms with Crippen LogP contribution in [-0.4, -0.2) is 22.5 Å². The Hall–Kier alpha value is -1.72. The lowest BCUT2D eigenvalue weighted by atomic mass is 10.2. The van der Waals surface area contributed by atoms with E-state index in [9.17, 15) is 9.90 Å². The third-order valence-corrected chi connectivity index (χ3v) is 2.98. The fourth-order valence-corrected chi connectivity index (χ4v) is 2.07. The Labute approximate surface area is 103 Å². The minimum atomic E-state index is -0.672. The van der Waals surface area contributed by atoms with Crippen molar-refractivity contribution in [2.75, 3.05) is 6.54 Å². The van der Waals surface area contributed by atoms with E-state index in [0.717, 1.165) is 5.56 Å². The lowest BCUT2D eigenvalue weighted by molar-refractivity contribution is 0.0911. The molecule has 0 aromatic carbocycles. The van der Waals surface area contributed by atoms with Gasteiger partial charge >= 0.3 is 0 Å². The molecular formula is C12H12N2O2S. The highest BCUT2D eigenvalue weighted by molar-refractivity contribution is 7.07. The van der Waals surface area contributed by atoms with Gasteiger partial charge in [-0.25, -0.2) is 0 Å². The minimum absolute atomic E-state index is 0.187. The number of hydrogen-bond donors (Lipinski definition) is 2. The number of aliphatic hydroxyl groups excluding tert-OH is 1. The molecule has 17 heavy (non-hydrogen) atoms. The molecule has 0 aliphatic carbocycles. The van der Waals surface area contributed by atoms with E-state index in [1.807, 2.05) is 16.8 Å². The summed E-state index contributed by atoms with van der Waals surface area (Å²) in [4.78, 5) is 15.6. The molecule has 0 bridgehead atoms. The number of aromatic nitrogens is 1. The van der Waals surface area contributed by atoms with Gasteiger partial charge in [0.1, 0.15) is 5.69 Å². The summed E-state index contributed by atoms with van der Waals surface area (Å²) in [5.41, 5.74) is 1.17. The molecule has 2 heterocycles. The summed E-state index contributed by atoms with van der Waals surface area (Å²) in [5, 5.41) is 16.2. The molecule has 0 aliphatic rings. The predicted molar refractivity (Wildman–Crippen MR) is 65.8 cm³/mol. The first-order valence-electron chi connectivity index (χ1n) is 5.17. The smallest absolute Gasteiger partial charge is 0.269 e. The van der Waals surface area contributed by atoms with Crippen LogP contribution in [0.1, 0.15) is 22.2 Å². The highest BCUT2D eigenvalue weighted by atomic mass is 32.1. The molecule has 5 heteroatoms. The number of amides is 1. The van der Waals surface area contributed by atoms with E-state index in [1.54, 1.807) is 24.4 Å². The molecule has 1 unspecified atom stereocenters. The summed E-state index contributed by atoms with van der Waals surface area (Å²) >= 11 is 1.51. The molecule has 2 aromatic rings. The Balaban J connectivity index is 1.89. The van der Waals surface area contributed by atoms with Gasteiger partial charge in [0.2, 0.25) is 0 Å². The monoisotopic (exact) mass is 248 g/mol. The molecule has 1 amide bonds. The van der Waals surface area contributed by atoms with Crippen LogP contribution in [-0.2, 0) is 0 Å². The molecule has 4 nitrogen and oxygen atoms in total. The first-order chi connectivity index (χ1) is 8.27. The molecule has 0 saturated heterocycles. The van der Waals surface area contributed by atoms with E-state index in [2.05, 4.69) is 10.3 Å². The third-order valence-electron chi connectivity index (χ3n) is 2.28. The van der Waals surface area contributed by atoms with E-state index in [-0.39, 0.29) is 12.5 Å². The quantitative estimate of drug-likeness (QED) is 0.864. The summed E-state index contributed by atoms with van der Waals surface area (Å²) in [6.07, 6.45) is 0.887. The Morgan fingerprint density at radius 3 is 3.00 bits per heavy atom. The number of pyridine rings is 1. The minimum Gasteiger partial charge on any atom is -0.387 e. The second kappa shape index (κ2) is 5.56. The fraction of sp³-hybridized carbons (Fsp3) is 0.167. The van der Waals surface area contributed by atoms with Crippen molar-refractivity contribution in [1.29, 1.82) is 0 Å². The van der Waals surface area contributed by atoms with Crippen molar-refractivity contribution in [2.45, 2.75) is 6.10 Å². The second-order valence-electron chi connectivity index (χ2n) is 3.50. The van der Waals surface area contributed by atoms with Crippen molar-refractivity contribution in [3.05, 3.63) is 52.5 Å². The van der Waals surface area contributed by atoms with Crippen molar-refractivity contribution < 1.29 is 9.90 Å². The van der Waals surface area contributed by atoms with Gasteiger partial charge in [0.15, 0.2) is 0 Å². The lowest BCUT2D eigenvalue weighted by Gasteiger charge is -2.09. The fourth-order valence-electron chi connectivity index (χ4n) is 1.36. The number of hydrogen-bond acceptors (Lipinski definition) is 4. The maximum Gasteiger partial charge on any atom is 0.269 e. The van der Waals surface area contributed by atoms with Crippen molar-refractivity contribution in [3.8, 4) is 0 Å². The molecule has 0 fully saturated rings.